The Kier molecular flexibility index (Phi) is 4.97. The zero-order chi connectivity index (χ0) is 15.4. The summed E-state index contributed by atoms with van der Waals surface area (Å²) in [6.45, 7) is 6.27. The van der Waals surface area contributed by atoms with E-state index in [0.29, 0.717) is 0 Å². The van der Waals surface area contributed by atoms with E-state index in [-0.39, 0.29) is 23.7 Å². The third-order valence-corrected chi connectivity index (χ3v) is 3.75. The summed E-state index contributed by atoms with van der Waals surface area (Å²) in [6.07, 6.45) is 0. The Morgan fingerprint density at radius 1 is 0.952 bits per heavy atom. The highest BCUT2D eigenvalue weighted by Gasteiger charge is 2.13. The minimum absolute atomic E-state index is 0.107. The molecule has 2 nitrogen and oxygen atoms in total. The molecule has 0 heterocycles. The Labute approximate surface area is 126 Å². The second-order valence-corrected chi connectivity index (χ2v) is 5.41. The first-order chi connectivity index (χ1) is 10.0. The van der Waals surface area contributed by atoms with Crippen molar-refractivity contribution in [2.45, 2.75) is 32.9 Å². The van der Waals surface area contributed by atoms with Crippen molar-refractivity contribution in [3.8, 4) is 5.75 Å². The van der Waals surface area contributed by atoms with Gasteiger partial charge in [-0.15, -0.1) is 0 Å². The van der Waals surface area contributed by atoms with Gasteiger partial charge in [0.05, 0.1) is 7.11 Å². The van der Waals surface area contributed by atoms with Gasteiger partial charge in [0.1, 0.15) is 0 Å². The summed E-state index contributed by atoms with van der Waals surface area (Å²) in [5, 5.41) is 3.52. The van der Waals surface area contributed by atoms with Crippen LogP contribution in [0.25, 0.3) is 0 Å². The van der Waals surface area contributed by atoms with Crippen molar-refractivity contribution in [3.63, 3.8) is 0 Å². The van der Waals surface area contributed by atoms with E-state index >= 15 is 0 Å². The molecule has 1 unspecified atom stereocenters. The molecule has 21 heavy (non-hydrogen) atoms. The maximum absolute atomic E-state index is 13.5. The van der Waals surface area contributed by atoms with Gasteiger partial charge in [0.2, 0.25) is 0 Å². The molecule has 3 heteroatoms. The Balaban J connectivity index is 2.10. The van der Waals surface area contributed by atoms with E-state index in [1.807, 2.05) is 0 Å². The van der Waals surface area contributed by atoms with Crippen LogP contribution in [0.2, 0.25) is 0 Å². The third kappa shape index (κ3) is 3.82. The number of halogens is 1. The zero-order valence-corrected chi connectivity index (χ0v) is 13.0. The molecule has 1 N–H and O–H groups in total. The lowest BCUT2D eigenvalue weighted by Crippen LogP contribution is -2.22. The first-order valence-corrected chi connectivity index (χ1v) is 7.17. The number of ether oxygens (including phenoxy) is 1. The average molecular weight is 287 g/mol. The molecule has 0 bridgehead atoms. The third-order valence-electron chi connectivity index (χ3n) is 3.75. The minimum atomic E-state index is -0.333. The lowest BCUT2D eigenvalue weighted by Gasteiger charge is -2.21. The van der Waals surface area contributed by atoms with E-state index in [9.17, 15) is 4.39 Å². The molecule has 0 aliphatic carbocycles. The lowest BCUT2D eigenvalue weighted by atomic mass is 10.0. The molecule has 2 aromatic rings. The number of aryl methyl sites for hydroxylation is 1. The number of rotatable bonds is 5. The molecular weight excluding hydrogens is 265 g/mol. The SMILES string of the molecule is COc1cc(C(C)N[C@@H](C)c2ccc(C)cc2)ccc1F. The van der Waals surface area contributed by atoms with Crippen LogP contribution in [0.15, 0.2) is 42.5 Å². The van der Waals surface area contributed by atoms with Crippen LogP contribution in [0.1, 0.15) is 42.6 Å². The fraction of sp³-hybridized carbons (Fsp3) is 0.333. The van der Waals surface area contributed by atoms with Gasteiger partial charge in [0.15, 0.2) is 11.6 Å². The summed E-state index contributed by atoms with van der Waals surface area (Å²) in [5.74, 6) is -0.0517. The van der Waals surface area contributed by atoms with Gasteiger partial charge in [0, 0.05) is 12.1 Å². The van der Waals surface area contributed by atoms with Crippen molar-refractivity contribution < 1.29 is 9.13 Å². The van der Waals surface area contributed by atoms with Gasteiger partial charge >= 0.3 is 0 Å². The average Bonchev–Trinajstić information content (AvgIpc) is 2.48. The van der Waals surface area contributed by atoms with Gasteiger partial charge in [0.25, 0.3) is 0 Å². The van der Waals surface area contributed by atoms with E-state index in [2.05, 4.69) is 50.4 Å². The zero-order valence-electron chi connectivity index (χ0n) is 13.0. The summed E-state index contributed by atoms with van der Waals surface area (Å²) < 4.78 is 18.5. The van der Waals surface area contributed by atoms with Gasteiger partial charge in [-0.2, -0.15) is 0 Å². The highest BCUT2D eigenvalue weighted by molar-refractivity contribution is 5.32. The summed E-state index contributed by atoms with van der Waals surface area (Å²) in [4.78, 5) is 0. The van der Waals surface area contributed by atoms with Crippen molar-refractivity contribution in [1.29, 1.82) is 0 Å². The maximum atomic E-state index is 13.5. The predicted molar refractivity (Wildman–Crippen MR) is 84.1 cm³/mol. The number of nitrogens with one attached hydrogen (secondary N) is 1. The van der Waals surface area contributed by atoms with Crippen LogP contribution >= 0.6 is 0 Å². The van der Waals surface area contributed by atoms with Gasteiger partial charge in [-0.05, 0) is 44.0 Å². The highest BCUT2D eigenvalue weighted by Crippen LogP contribution is 2.24. The molecule has 2 aromatic carbocycles. The van der Waals surface area contributed by atoms with Crippen molar-refractivity contribution in [1.82, 2.24) is 5.32 Å². The number of methoxy groups -OCH3 is 1. The van der Waals surface area contributed by atoms with Crippen LogP contribution in [0.5, 0.6) is 5.75 Å². The number of hydrogen-bond acceptors (Lipinski definition) is 2. The van der Waals surface area contributed by atoms with Crippen LogP contribution in [0, 0.1) is 12.7 Å². The molecule has 0 fully saturated rings. The lowest BCUT2D eigenvalue weighted by molar-refractivity contribution is 0.384. The molecule has 0 saturated heterocycles. The second-order valence-electron chi connectivity index (χ2n) is 5.41. The van der Waals surface area contributed by atoms with E-state index in [4.69, 9.17) is 4.74 Å². The first kappa shape index (κ1) is 15.5. The smallest absolute Gasteiger partial charge is 0.165 e. The Morgan fingerprint density at radius 3 is 2.14 bits per heavy atom. The topological polar surface area (TPSA) is 21.3 Å². The van der Waals surface area contributed by atoms with E-state index in [0.717, 1.165) is 5.56 Å². The first-order valence-electron chi connectivity index (χ1n) is 7.17. The molecule has 2 atom stereocenters. The van der Waals surface area contributed by atoms with Gasteiger partial charge in [-0.3, -0.25) is 0 Å². The number of benzene rings is 2. The molecule has 0 aliphatic rings. The summed E-state index contributed by atoms with van der Waals surface area (Å²) in [5.41, 5.74) is 3.50. The Bertz CT molecular complexity index is 595. The van der Waals surface area contributed by atoms with Crippen molar-refractivity contribution in [2.75, 3.05) is 7.11 Å². The van der Waals surface area contributed by atoms with Crippen LogP contribution in [0.4, 0.5) is 4.39 Å². The molecule has 0 spiro atoms. The van der Waals surface area contributed by atoms with Crippen LogP contribution in [0.3, 0.4) is 0 Å². The van der Waals surface area contributed by atoms with Gasteiger partial charge in [-0.25, -0.2) is 4.39 Å². The summed E-state index contributed by atoms with van der Waals surface area (Å²) >= 11 is 0. The van der Waals surface area contributed by atoms with Gasteiger partial charge < -0.3 is 10.1 Å². The Hall–Kier alpha value is -1.87. The predicted octanol–water partition coefficient (Wildman–Crippen LogP) is 4.55. The van der Waals surface area contributed by atoms with E-state index < -0.39 is 0 Å². The Morgan fingerprint density at radius 2 is 1.52 bits per heavy atom. The standard InChI is InChI=1S/C18H22FNO/c1-12-5-7-15(8-6-12)13(2)20-14(3)16-9-10-17(19)18(11-16)21-4/h5-11,13-14,20H,1-4H3/t13-,14?/m0/s1. The molecule has 0 aliphatic heterocycles. The van der Waals surface area contributed by atoms with Crippen LogP contribution in [-0.4, -0.2) is 7.11 Å². The maximum Gasteiger partial charge on any atom is 0.165 e. The second kappa shape index (κ2) is 6.72. The van der Waals surface area contributed by atoms with Crippen molar-refractivity contribution >= 4 is 0 Å². The van der Waals surface area contributed by atoms with E-state index in [1.165, 1.54) is 24.3 Å². The molecule has 112 valence electrons. The molecular formula is C18H22FNO. The fourth-order valence-corrected chi connectivity index (χ4v) is 2.37. The molecule has 0 radical (unpaired) electrons. The van der Waals surface area contributed by atoms with E-state index in [1.54, 1.807) is 12.1 Å². The quantitative estimate of drug-likeness (QED) is 0.870. The highest BCUT2D eigenvalue weighted by atomic mass is 19.1. The van der Waals surface area contributed by atoms with Crippen molar-refractivity contribution in [3.05, 3.63) is 65.0 Å². The molecule has 0 aromatic heterocycles. The molecule has 0 amide bonds. The van der Waals surface area contributed by atoms with Crippen LogP contribution < -0.4 is 10.1 Å². The largest absolute Gasteiger partial charge is 0.494 e. The fourth-order valence-electron chi connectivity index (χ4n) is 2.37. The van der Waals surface area contributed by atoms with Crippen LogP contribution in [-0.2, 0) is 0 Å². The molecule has 0 saturated carbocycles. The minimum Gasteiger partial charge on any atom is -0.494 e. The molecule has 2 rings (SSSR count). The van der Waals surface area contributed by atoms with Crippen molar-refractivity contribution in [2.24, 2.45) is 0 Å². The number of hydrogen-bond donors (Lipinski definition) is 1. The monoisotopic (exact) mass is 287 g/mol. The van der Waals surface area contributed by atoms with Gasteiger partial charge in [-0.1, -0.05) is 35.9 Å². The summed E-state index contributed by atoms with van der Waals surface area (Å²) in [7, 11) is 1.48. The normalized spacial score (nSPS) is 13.8. The summed E-state index contributed by atoms with van der Waals surface area (Å²) in [6, 6.07) is 13.8.